The molecule has 7 nitrogen and oxygen atoms in total. The van der Waals surface area contributed by atoms with Crippen LogP contribution in [0.25, 0.3) is 0 Å². The molecule has 0 aliphatic carbocycles. The summed E-state index contributed by atoms with van der Waals surface area (Å²) in [4.78, 5) is 16.9. The van der Waals surface area contributed by atoms with E-state index in [1.54, 1.807) is 7.05 Å². The lowest BCUT2D eigenvalue weighted by molar-refractivity contribution is 0.0957. The van der Waals surface area contributed by atoms with Crippen LogP contribution < -0.4 is 20.7 Å². The number of hydrogen-bond donors (Lipinski definition) is 3. The molecule has 0 saturated carbocycles. The van der Waals surface area contributed by atoms with Gasteiger partial charge in [-0.1, -0.05) is 18.2 Å². The van der Waals surface area contributed by atoms with Gasteiger partial charge in [0.05, 0.1) is 18.1 Å². The second-order valence-corrected chi connectivity index (χ2v) is 8.10. The molecule has 30 heavy (non-hydrogen) atoms. The highest BCUT2D eigenvalue weighted by Crippen LogP contribution is 2.23. The number of carbonyl (C=O) groups is 1. The first-order chi connectivity index (χ1) is 14.7. The van der Waals surface area contributed by atoms with Crippen molar-refractivity contribution in [3.8, 4) is 5.75 Å². The molecule has 1 unspecified atom stereocenters. The molecular weight excluding hydrogens is 400 g/mol. The number of thiophene rings is 1. The zero-order valence-corrected chi connectivity index (χ0v) is 18.4. The topological polar surface area (TPSA) is 84.0 Å². The molecule has 1 aromatic heterocycles. The average molecular weight is 431 g/mol. The lowest BCUT2D eigenvalue weighted by Gasteiger charge is -2.18. The first-order valence-electron chi connectivity index (χ1n) is 10.3. The van der Waals surface area contributed by atoms with E-state index in [1.165, 1.54) is 16.9 Å². The van der Waals surface area contributed by atoms with Gasteiger partial charge in [-0.15, -0.1) is 11.3 Å². The van der Waals surface area contributed by atoms with E-state index in [1.807, 2.05) is 17.5 Å². The molecule has 162 valence electrons. The summed E-state index contributed by atoms with van der Waals surface area (Å²) in [7, 11) is 1.75. The van der Waals surface area contributed by atoms with Crippen molar-refractivity contribution in [2.75, 3.05) is 33.4 Å². The molecule has 3 N–H and O–H groups in total. The van der Waals surface area contributed by atoms with Gasteiger partial charge < -0.3 is 25.4 Å². The van der Waals surface area contributed by atoms with Crippen molar-refractivity contribution in [1.82, 2.24) is 16.0 Å². The molecule has 8 heteroatoms. The SMILES string of the molecule is CN=C(NCCCNC(=O)c1cccs1)NCc1ccc(C)cc1OC1CCOC1. The summed E-state index contributed by atoms with van der Waals surface area (Å²) in [5.41, 5.74) is 2.25. The summed E-state index contributed by atoms with van der Waals surface area (Å²) in [6.45, 7) is 5.40. The van der Waals surface area contributed by atoms with Crippen molar-refractivity contribution in [3.05, 3.63) is 51.7 Å². The molecule has 1 aliphatic rings. The van der Waals surface area contributed by atoms with Crippen LogP contribution >= 0.6 is 11.3 Å². The number of nitrogens with zero attached hydrogens (tertiary/aromatic N) is 1. The van der Waals surface area contributed by atoms with Gasteiger partial charge in [-0.3, -0.25) is 9.79 Å². The van der Waals surface area contributed by atoms with E-state index < -0.39 is 0 Å². The van der Waals surface area contributed by atoms with Gasteiger partial charge in [-0.2, -0.15) is 0 Å². The van der Waals surface area contributed by atoms with Gasteiger partial charge >= 0.3 is 0 Å². The Kier molecular flexibility index (Phi) is 8.53. The minimum atomic E-state index is -0.0212. The number of guanidine groups is 1. The van der Waals surface area contributed by atoms with Crippen molar-refractivity contribution in [2.45, 2.75) is 32.4 Å². The summed E-state index contributed by atoms with van der Waals surface area (Å²) in [6.07, 6.45) is 1.85. The van der Waals surface area contributed by atoms with Crippen LogP contribution in [0.4, 0.5) is 0 Å². The molecule has 0 radical (unpaired) electrons. The van der Waals surface area contributed by atoms with E-state index in [0.29, 0.717) is 26.2 Å². The fourth-order valence-electron chi connectivity index (χ4n) is 3.09. The fourth-order valence-corrected chi connectivity index (χ4v) is 3.73. The van der Waals surface area contributed by atoms with Crippen LogP contribution in [0.2, 0.25) is 0 Å². The maximum atomic E-state index is 11.9. The molecule has 1 atom stereocenters. The third-order valence-electron chi connectivity index (χ3n) is 4.75. The number of hydrogen-bond acceptors (Lipinski definition) is 5. The highest BCUT2D eigenvalue weighted by atomic mass is 32.1. The lowest BCUT2D eigenvalue weighted by atomic mass is 10.1. The Labute approximate surface area is 181 Å². The first-order valence-corrected chi connectivity index (χ1v) is 11.1. The second-order valence-electron chi connectivity index (χ2n) is 7.15. The normalized spacial score (nSPS) is 16.3. The fraction of sp³-hybridized carbons (Fsp3) is 0.455. The second kappa shape index (κ2) is 11.6. The van der Waals surface area contributed by atoms with Crippen LogP contribution in [0.3, 0.4) is 0 Å². The van der Waals surface area contributed by atoms with Gasteiger partial charge in [0.2, 0.25) is 0 Å². The third-order valence-corrected chi connectivity index (χ3v) is 5.62. The molecule has 1 aromatic carbocycles. The number of nitrogens with one attached hydrogen (secondary N) is 3. The minimum Gasteiger partial charge on any atom is -0.488 e. The molecule has 2 heterocycles. The number of carbonyl (C=O) groups excluding carboxylic acids is 1. The van der Waals surface area contributed by atoms with E-state index in [4.69, 9.17) is 9.47 Å². The molecule has 2 aromatic rings. The van der Waals surface area contributed by atoms with E-state index in [9.17, 15) is 4.79 Å². The Hall–Kier alpha value is -2.58. The number of benzene rings is 1. The van der Waals surface area contributed by atoms with Gasteiger partial charge in [0, 0.05) is 38.7 Å². The first kappa shape index (κ1) is 22.1. The number of aryl methyl sites for hydroxylation is 1. The number of aliphatic imine (C=N–C) groups is 1. The van der Waals surface area contributed by atoms with Gasteiger partial charge in [0.1, 0.15) is 11.9 Å². The molecule has 0 spiro atoms. The van der Waals surface area contributed by atoms with E-state index >= 15 is 0 Å². The Balaban J connectivity index is 1.41. The summed E-state index contributed by atoms with van der Waals surface area (Å²) in [5, 5.41) is 11.4. The van der Waals surface area contributed by atoms with Gasteiger partial charge in [-0.05, 0) is 36.4 Å². The lowest BCUT2D eigenvalue weighted by Crippen LogP contribution is -2.38. The summed E-state index contributed by atoms with van der Waals surface area (Å²) < 4.78 is 11.6. The van der Waals surface area contributed by atoms with Crippen molar-refractivity contribution in [2.24, 2.45) is 4.99 Å². The standard InChI is InChI=1S/C22H30N4O3S/c1-16-6-7-17(19(13-16)29-18-8-11-28-15-18)14-26-22(23-2)25-10-4-9-24-21(27)20-5-3-12-30-20/h3,5-7,12-13,18H,4,8-11,14-15H2,1-2H3,(H,24,27)(H2,23,25,26). The van der Waals surface area contributed by atoms with Crippen molar-refractivity contribution in [3.63, 3.8) is 0 Å². The smallest absolute Gasteiger partial charge is 0.261 e. The highest BCUT2D eigenvalue weighted by molar-refractivity contribution is 7.12. The molecule has 1 amide bonds. The molecule has 3 rings (SSSR count). The van der Waals surface area contributed by atoms with Crippen molar-refractivity contribution >= 4 is 23.2 Å². The summed E-state index contributed by atoms with van der Waals surface area (Å²) >= 11 is 1.45. The molecular formula is C22H30N4O3S. The summed E-state index contributed by atoms with van der Waals surface area (Å²) in [6, 6.07) is 9.94. The van der Waals surface area contributed by atoms with Crippen LogP contribution in [0.5, 0.6) is 5.75 Å². The zero-order chi connectivity index (χ0) is 21.2. The molecule has 1 aliphatic heterocycles. The van der Waals surface area contributed by atoms with Gasteiger partial charge in [0.15, 0.2) is 5.96 Å². The maximum Gasteiger partial charge on any atom is 0.261 e. The van der Waals surface area contributed by atoms with Crippen LogP contribution in [0.1, 0.15) is 33.6 Å². The van der Waals surface area contributed by atoms with Crippen LogP contribution in [0.15, 0.2) is 40.7 Å². The van der Waals surface area contributed by atoms with Crippen LogP contribution in [0, 0.1) is 6.92 Å². The zero-order valence-electron chi connectivity index (χ0n) is 17.6. The Bertz CT molecular complexity index is 833. The maximum absolute atomic E-state index is 11.9. The van der Waals surface area contributed by atoms with Crippen molar-refractivity contribution in [1.29, 1.82) is 0 Å². The minimum absolute atomic E-state index is 0.0212. The summed E-state index contributed by atoms with van der Waals surface area (Å²) in [5.74, 6) is 1.59. The number of ether oxygens (including phenoxy) is 2. The molecule has 1 fully saturated rings. The van der Waals surface area contributed by atoms with E-state index in [-0.39, 0.29) is 12.0 Å². The monoisotopic (exact) mass is 430 g/mol. The van der Waals surface area contributed by atoms with Crippen LogP contribution in [-0.2, 0) is 11.3 Å². The number of rotatable bonds is 9. The average Bonchev–Trinajstić information content (AvgIpc) is 3.45. The Morgan fingerprint density at radius 3 is 2.87 bits per heavy atom. The molecule has 1 saturated heterocycles. The number of amides is 1. The third kappa shape index (κ3) is 6.74. The Morgan fingerprint density at radius 2 is 2.13 bits per heavy atom. The predicted octanol–water partition coefficient (Wildman–Crippen LogP) is 2.71. The van der Waals surface area contributed by atoms with Crippen LogP contribution in [-0.4, -0.2) is 51.3 Å². The largest absolute Gasteiger partial charge is 0.488 e. The van der Waals surface area contributed by atoms with Crippen molar-refractivity contribution < 1.29 is 14.3 Å². The quantitative estimate of drug-likeness (QED) is 0.324. The Morgan fingerprint density at radius 1 is 1.27 bits per heavy atom. The van der Waals surface area contributed by atoms with Gasteiger partial charge in [0.25, 0.3) is 5.91 Å². The van der Waals surface area contributed by atoms with E-state index in [2.05, 4.69) is 46.1 Å². The molecule has 0 bridgehead atoms. The predicted molar refractivity (Wildman–Crippen MR) is 121 cm³/mol. The highest BCUT2D eigenvalue weighted by Gasteiger charge is 2.18. The van der Waals surface area contributed by atoms with Gasteiger partial charge in [-0.25, -0.2) is 0 Å². The van der Waals surface area contributed by atoms with E-state index in [0.717, 1.165) is 41.6 Å².